The van der Waals surface area contributed by atoms with Crippen LogP contribution in [0.3, 0.4) is 0 Å². The van der Waals surface area contributed by atoms with Crippen LogP contribution in [0.5, 0.6) is 0 Å². The zero-order valence-electron chi connectivity index (χ0n) is 30.8. The van der Waals surface area contributed by atoms with Crippen molar-refractivity contribution in [1.82, 2.24) is 39.9 Å². The molecule has 0 radical (unpaired) electrons. The minimum Gasteiger partial charge on any atom is -0.272 e. The first-order valence-corrected chi connectivity index (χ1v) is 18.9. The van der Waals surface area contributed by atoms with Crippen LogP contribution in [0, 0.1) is 0 Å². The highest BCUT2D eigenvalue weighted by molar-refractivity contribution is 6.08. The van der Waals surface area contributed by atoms with E-state index in [0.29, 0.717) is 68.8 Å². The van der Waals surface area contributed by atoms with Crippen LogP contribution in [0.2, 0.25) is 0 Å². The first-order valence-electron chi connectivity index (χ1n) is 18.9. The lowest BCUT2D eigenvalue weighted by molar-refractivity contribution is 0.993. The Morgan fingerprint density at radius 3 is 0.879 bits per heavy atom. The average molecular weight is 747 g/mol. The number of anilines is 6. The third-order valence-electron chi connectivity index (χ3n) is 10.2. The van der Waals surface area contributed by atoms with Gasteiger partial charge in [0.15, 0.2) is 23.3 Å². The first kappa shape index (κ1) is 33.1. The molecule has 7 heterocycles. The molecule has 10 aromatic rings. The summed E-state index contributed by atoms with van der Waals surface area (Å²) in [5.41, 5.74) is 6.65. The average Bonchev–Trinajstić information content (AvgIpc) is 3.31. The van der Waals surface area contributed by atoms with Crippen molar-refractivity contribution in [3.63, 3.8) is 0 Å². The van der Waals surface area contributed by atoms with Crippen LogP contribution in [0.15, 0.2) is 183 Å². The van der Waals surface area contributed by atoms with E-state index in [1.54, 1.807) is 24.8 Å². The van der Waals surface area contributed by atoms with Gasteiger partial charge in [0.2, 0.25) is 0 Å². The Bertz CT molecular complexity index is 2770. The molecule has 0 saturated carbocycles. The largest absolute Gasteiger partial charge is 0.272 e. The summed E-state index contributed by atoms with van der Waals surface area (Å²) in [5.74, 6) is 2.18. The van der Waals surface area contributed by atoms with Gasteiger partial charge in [-0.1, -0.05) is 97.1 Å². The molecule has 4 aromatic carbocycles. The number of nitrogens with zero attached hydrogens (tertiary/aromatic N) is 10. The number of pyridine rings is 4. The molecule has 0 bridgehead atoms. The second kappa shape index (κ2) is 13.8. The van der Waals surface area contributed by atoms with Crippen molar-refractivity contribution < 1.29 is 0 Å². The number of rotatable bonds is 6. The van der Waals surface area contributed by atoms with Crippen LogP contribution in [0.25, 0.3) is 67.1 Å². The van der Waals surface area contributed by atoms with Crippen LogP contribution in [0.1, 0.15) is 0 Å². The molecular weight excluding hydrogens is 717 g/mol. The van der Waals surface area contributed by atoms with Gasteiger partial charge in [-0.2, -0.15) is 0 Å². The Morgan fingerprint density at radius 1 is 0.276 bits per heavy atom. The molecule has 10 nitrogen and oxygen atoms in total. The zero-order valence-corrected chi connectivity index (χ0v) is 30.8. The van der Waals surface area contributed by atoms with Crippen LogP contribution >= 0.6 is 0 Å². The minimum absolute atomic E-state index is 0.545. The van der Waals surface area contributed by atoms with Crippen molar-refractivity contribution in [2.24, 2.45) is 0 Å². The molecule has 10 heteroatoms. The second-order valence-corrected chi connectivity index (χ2v) is 13.7. The van der Waals surface area contributed by atoms with E-state index in [1.807, 2.05) is 97.1 Å². The summed E-state index contributed by atoms with van der Waals surface area (Å²) in [6.45, 7) is 0. The maximum absolute atomic E-state index is 5.59. The quantitative estimate of drug-likeness (QED) is 0.163. The van der Waals surface area contributed by atoms with E-state index in [4.69, 9.17) is 39.9 Å². The molecule has 11 rings (SSSR count). The van der Waals surface area contributed by atoms with Crippen molar-refractivity contribution in [1.29, 1.82) is 0 Å². The summed E-state index contributed by atoms with van der Waals surface area (Å²) >= 11 is 0. The Morgan fingerprint density at radius 2 is 0.569 bits per heavy atom. The lowest BCUT2D eigenvalue weighted by Crippen LogP contribution is -2.29. The molecule has 0 spiro atoms. The van der Waals surface area contributed by atoms with Gasteiger partial charge in [-0.3, -0.25) is 29.7 Å². The standard InChI is InChI=1S/C48H30N10/c1-3-19-33-31(15-1)17-13-25-39(33)57-45-47(55-43(37-23-7-11-29-51-37)41(53-45)35-21-5-9-27-49-35)58(40-26-14-18-32-16-2-4-20-34(32)40)48-46(57)54-42(36-22-6-10-28-50-36)44(56-48)38-24-8-12-30-52-38/h1-30H. The van der Waals surface area contributed by atoms with Crippen LogP contribution < -0.4 is 9.80 Å². The normalized spacial score (nSPS) is 12.1. The fraction of sp³-hybridized carbons (Fsp3) is 0. The molecule has 6 aromatic heterocycles. The lowest BCUT2D eigenvalue weighted by Gasteiger charge is -2.38. The number of benzene rings is 4. The Labute approximate surface area is 332 Å². The van der Waals surface area contributed by atoms with E-state index in [2.05, 4.69) is 70.5 Å². The third kappa shape index (κ3) is 5.50. The Kier molecular flexibility index (Phi) is 7.88. The SMILES string of the molecule is c1ccc(-c2nc3c(nc2-c2ccccn2)N(c2cccc4ccccc24)c2nc(-c4ccccn4)c(-c4ccccn4)nc2N3c2cccc3ccccc23)nc1. The highest BCUT2D eigenvalue weighted by Gasteiger charge is 2.39. The molecular formula is C48H30N10. The summed E-state index contributed by atoms with van der Waals surface area (Å²) in [7, 11) is 0. The summed E-state index contributed by atoms with van der Waals surface area (Å²) in [4.78, 5) is 45.7. The summed E-state index contributed by atoms with van der Waals surface area (Å²) in [6, 6.07) is 52.3. The molecule has 0 aliphatic carbocycles. The van der Waals surface area contributed by atoms with Crippen LogP contribution in [-0.2, 0) is 0 Å². The van der Waals surface area contributed by atoms with Gasteiger partial charge in [0, 0.05) is 35.6 Å². The molecule has 58 heavy (non-hydrogen) atoms. The number of hydrogen-bond acceptors (Lipinski definition) is 10. The van der Waals surface area contributed by atoms with Crippen LogP contribution in [-0.4, -0.2) is 39.9 Å². The maximum Gasteiger partial charge on any atom is 0.183 e. The van der Waals surface area contributed by atoms with E-state index >= 15 is 0 Å². The van der Waals surface area contributed by atoms with Crippen LogP contribution in [0.4, 0.5) is 34.6 Å². The molecule has 0 atom stereocenters. The maximum atomic E-state index is 5.59. The number of hydrogen-bond donors (Lipinski definition) is 0. The van der Waals surface area contributed by atoms with Gasteiger partial charge in [0.1, 0.15) is 22.8 Å². The molecule has 1 aliphatic rings. The topological polar surface area (TPSA) is 110 Å². The fourth-order valence-electron chi connectivity index (χ4n) is 7.62. The lowest BCUT2D eigenvalue weighted by atomic mass is 10.0. The van der Waals surface area contributed by atoms with Crippen molar-refractivity contribution in [3.8, 4) is 45.6 Å². The minimum atomic E-state index is 0.545. The first-order chi connectivity index (χ1) is 28.8. The Balaban J connectivity index is 1.32. The summed E-state index contributed by atoms with van der Waals surface area (Å²) in [5, 5.41) is 4.13. The van der Waals surface area contributed by atoms with Crippen molar-refractivity contribution >= 4 is 56.2 Å². The van der Waals surface area contributed by atoms with Gasteiger partial charge in [-0.15, -0.1) is 0 Å². The molecule has 0 amide bonds. The summed E-state index contributed by atoms with van der Waals surface area (Å²) < 4.78 is 0. The van der Waals surface area contributed by atoms with Gasteiger partial charge in [0.05, 0.1) is 34.2 Å². The van der Waals surface area contributed by atoms with E-state index in [0.717, 1.165) is 32.9 Å². The predicted octanol–water partition coefficient (Wildman–Crippen LogP) is 11.1. The molecule has 0 unspecified atom stereocenters. The van der Waals surface area contributed by atoms with E-state index < -0.39 is 0 Å². The van der Waals surface area contributed by atoms with Gasteiger partial charge < -0.3 is 0 Å². The zero-order chi connectivity index (χ0) is 38.4. The van der Waals surface area contributed by atoms with Crippen molar-refractivity contribution in [2.75, 3.05) is 9.80 Å². The fourth-order valence-corrected chi connectivity index (χ4v) is 7.62. The van der Waals surface area contributed by atoms with Crippen molar-refractivity contribution in [3.05, 3.63) is 183 Å². The van der Waals surface area contributed by atoms with E-state index in [9.17, 15) is 0 Å². The number of fused-ring (bicyclic) bond motifs is 4. The highest BCUT2D eigenvalue weighted by Crippen LogP contribution is 2.55. The molecule has 0 fully saturated rings. The van der Waals surface area contributed by atoms with Gasteiger partial charge >= 0.3 is 0 Å². The third-order valence-corrected chi connectivity index (χ3v) is 10.2. The van der Waals surface area contributed by atoms with Gasteiger partial charge in [0.25, 0.3) is 0 Å². The molecule has 272 valence electrons. The summed E-state index contributed by atoms with van der Waals surface area (Å²) in [6.07, 6.45) is 7.07. The molecule has 0 N–H and O–H groups in total. The monoisotopic (exact) mass is 746 g/mol. The smallest absolute Gasteiger partial charge is 0.183 e. The Hall–Kier alpha value is -8.24. The second-order valence-electron chi connectivity index (χ2n) is 13.7. The number of aromatic nitrogens is 8. The molecule has 1 aliphatic heterocycles. The van der Waals surface area contributed by atoms with Gasteiger partial charge in [-0.05, 0) is 71.4 Å². The predicted molar refractivity (Wildman–Crippen MR) is 228 cm³/mol. The molecule has 0 saturated heterocycles. The van der Waals surface area contributed by atoms with Crippen molar-refractivity contribution in [2.45, 2.75) is 0 Å². The van der Waals surface area contributed by atoms with E-state index in [1.165, 1.54) is 0 Å². The highest BCUT2D eigenvalue weighted by atomic mass is 15.4. The van der Waals surface area contributed by atoms with E-state index in [-0.39, 0.29) is 0 Å². The van der Waals surface area contributed by atoms with Gasteiger partial charge in [-0.25, -0.2) is 19.9 Å².